The van der Waals surface area contributed by atoms with Crippen LogP contribution in [-0.2, 0) is 10.0 Å². The Hall–Kier alpha value is -0.500. The van der Waals surface area contributed by atoms with Gasteiger partial charge in [-0.25, -0.2) is 12.8 Å². The highest BCUT2D eigenvalue weighted by Gasteiger charge is 2.39. The molecule has 0 radical (unpaired) electrons. The zero-order valence-electron chi connectivity index (χ0n) is 11.4. The van der Waals surface area contributed by atoms with Gasteiger partial charge in [0, 0.05) is 19.1 Å². The molecule has 2 N–H and O–H groups in total. The van der Waals surface area contributed by atoms with Crippen LogP contribution in [0.4, 0.5) is 4.39 Å². The van der Waals surface area contributed by atoms with E-state index in [4.69, 9.17) is 5.73 Å². The fourth-order valence-electron chi connectivity index (χ4n) is 2.35. The van der Waals surface area contributed by atoms with Crippen molar-refractivity contribution in [3.05, 3.63) is 28.5 Å². The maximum Gasteiger partial charge on any atom is 0.246 e. The van der Waals surface area contributed by atoms with Crippen LogP contribution in [0.5, 0.6) is 0 Å². The molecule has 0 aromatic heterocycles. The number of rotatable bonds is 2. The summed E-state index contributed by atoms with van der Waals surface area (Å²) in [6.07, 6.45) is 0.571. The molecule has 1 aromatic carbocycles. The zero-order chi connectivity index (χ0) is 15.1. The molecule has 1 unspecified atom stereocenters. The Kier molecular flexibility index (Phi) is 4.26. The lowest BCUT2D eigenvalue weighted by molar-refractivity contribution is 0.155. The van der Waals surface area contributed by atoms with Crippen molar-refractivity contribution in [1.82, 2.24) is 4.31 Å². The quantitative estimate of drug-likeness (QED) is 0.875. The summed E-state index contributed by atoms with van der Waals surface area (Å²) in [5.41, 5.74) is 5.68. The number of sulfonamides is 1. The van der Waals surface area contributed by atoms with E-state index in [2.05, 4.69) is 15.9 Å². The van der Waals surface area contributed by atoms with Crippen LogP contribution >= 0.6 is 15.9 Å². The van der Waals surface area contributed by atoms with Crippen molar-refractivity contribution in [2.45, 2.75) is 31.2 Å². The summed E-state index contributed by atoms with van der Waals surface area (Å²) < 4.78 is 40.7. The Morgan fingerprint density at radius 1 is 1.45 bits per heavy atom. The van der Waals surface area contributed by atoms with Crippen molar-refractivity contribution in [3.8, 4) is 0 Å². The van der Waals surface area contributed by atoms with Gasteiger partial charge in [0.1, 0.15) is 4.90 Å². The maximum absolute atomic E-state index is 14.0. The lowest BCUT2D eigenvalue weighted by Crippen LogP contribution is -2.53. The number of hydrogen-bond acceptors (Lipinski definition) is 3. The van der Waals surface area contributed by atoms with Crippen LogP contribution in [0.25, 0.3) is 0 Å². The summed E-state index contributed by atoms with van der Waals surface area (Å²) >= 11 is 3.02. The second-order valence-corrected chi connectivity index (χ2v) is 8.53. The largest absolute Gasteiger partial charge is 0.327 e. The second kappa shape index (κ2) is 5.36. The zero-order valence-corrected chi connectivity index (χ0v) is 13.8. The molecule has 0 amide bonds. The van der Waals surface area contributed by atoms with Crippen LogP contribution < -0.4 is 5.73 Å². The molecule has 4 nitrogen and oxygen atoms in total. The lowest BCUT2D eigenvalue weighted by Gasteiger charge is -2.41. The Balaban J connectivity index is 2.39. The van der Waals surface area contributed by atoms with Crippen LogP contribution in [0.1, 0.15) is 20.3 Å². The highest BCUT2D eigenvalue weighted by molar-refractivity contribution is 9.10. The smallest absolute Gasteiger partial charge is 0.246 e. The van der Waals surface area contributed by atoms with Crippen molar-refractivity contribution >= 4 is 26.0 Å². The molecule has 7 heteroatoms. The van der Waals surface area contributed by atoms with Gasteiger partial charge in [-0.05, 0) is 39.9 Å². The summed E-state index contributed by atoms with van der Waals surface area (Å²) in [5.74, 6) is -0.750. The first-order valence-electron chi connectivity index (χ1n) is 6.36. The molecule has 0 aliphatic carbocycles. The van der Waals surface area contributed by atoms with Gasteiger partial charge in [0.25, 0.3) is 0 Å². The van der Waals surface area contributed by atoms with Gasteiger partial charge < -0.3 is 5.73 Å². The van der Waals surface area contributed by atoms with Crippen LogP contribution in [0, 0.1) is 11.2 Å². The molecule has 0 spiro atoms. The fraction of sp³-hybridized carbons (Fsp3) is 0.538. The van der Waals surface area contributed by atoms with E-state index >= 15 is 0 Å². The average Bonchev–Trinajstić information content (AvgIpc) is 2.35. The molecule has 1 heterocycles. The van der Waals surface area contributed by atoms with Crippen molar-refractivity contribution in [2.24, 2.45) is 11.1 Å². The minimum absolute atomic E-state index is 0.0543. The summed E-state index contributed by atoms with van der Waals surface area (Å²) in [7, 11) is -3.84. The number of piperidine rings is 1. The first-order valence-corrected chi connectivity index (χ1v) is 8.59. The van der Waals surface area contributed by atoms with Gasteiger partial charge in [0.2, 0.25) is 10.0 Å². The Morgan fingerprint density at radius 3 is 2.70 bits per heavy atom. The third kappa shape index (κ3) is 2.77. The molecule has 0 bridgehead atoms. The van der Waals surface area contributed by atoms with Gasteiger partial charge in [-0.2, -0.15) is 4.31 Å². The van der Waals surface area contributed by atoms with E-state index < -0.39 is 15.8 Å². The molecular formula is C13H18BrFN2O2S. The van der Waals surface area contributed by atoms with Crippen molar-refractivity contribution < 1.29 is 12.8 Å². The van der Waals surface area contributed by atoms with Gasteiger partial charge >= 0.3 is 0 Å². The number of halogens is 2. The van der Waals surface area contributed by atoms with Crippen molar-refractivity contribution in [3.63, 3.8) is 0 Å². The highest BCUT2D eigenvalue weighted by atomic mass is 79.9. The van der Waals surface area contributed by atoms with Gasteiger partial charge in [-0.1, -0.05) is 19.9 Å². The summed E-state index contributed by atoms with van der Waals surface area (Å²) in [6.45, 7) is 4.47. The monoisotopic (exact) mass is 364 g/mol. The van der Waals surface area contributed by atoms with Gasteiger partial charge in [-0.15, -0.1) is 0 Å². The minimum Gasteiger partial charge on any atom is -0.327 e. The standard InChI is InChI=1S/C13H18BrFN2O2S/c1-13(2)8-17(7-6-11(13)16)20(18,19)10-5-3-4-9(14)12(10)15/h3-5,11H,6-8,16H2,1-2H3. The topological polar surface area (TPSA) is 63.4 Å². The lowest BCUT2D eigenvalue weighted by atomic mass is 9.81. The van der Waals surface area contributed by atoms with Crippen LogP contribution in [0.15, 0.2) is 27.6 Å². The SMILES string of the molecule is CC1(C)CN(S(=O)(=O)c2cccc(Br)c2F)CCC1N. The number of nitrogens with zero attached hydrogens (tertiary/aromatic N) is 1. The van der Waals surface area contributed by atoms with E-state index in [1.54, 1.807) is 0 Å². The van der Waals surface area contributed by atoms with Crippen molar-refractivity contribution in [1.29, 1.82) is 0 Å². The molecular weight excluding hydrogens is 347 g/mol. The van der Waals surface area contributed by atoms with Gasteiger partial charge in [-0.3, -0.25) is 0 Å². The van der Waals surface area contributed by atoms with E-state index in [1.165, 1.54) is 22.5 Å². The van der Waals surface area contributed by atoms with E-state index in [0.717, 1.165) is 0 Å². The van der Waals surface area contributed by atoms with Crippen LogP contribution in [0.3, 0.4) is 0 Å². The van der Waals surface area contributed by atoms with E-state index in [9.17, 15) is 12.8 Å². The van der Waals surface area contributed by atoms with Crippen LogP contribution in [-0.4, -0.2) is 31.9 Å². The fourth-order valence-corrected chi connectivity index (χ4v) is 4.56. The summed E-state index contributed by atoms with van der Waals surface area (Å²) in [4.78, 5) is -0.293. The first-order chi connectivity index (χ1) is 9.16. The maximum atomic E-state index is 14.0. The minimum atomic E-state index is -3.84. The number of hydrogen-bond donors (Lipinski definition) is 1. The van der Waals surface area contributed by atoms with Crippen molar-refractivity contribution in [2.75, 3.05) is 13.1 Å². The Bertz CT molecular complexity index is 619. The Labute approximate surface area is 127 Å². The Morgan fingerprint density at radius 2 is 2.10 bits per heavy atom. The van der Waals surface area contributed by atoms with Crippen LogP contribution in [0.2, 0.25) is 0 Å². The third-order valence-corrected chi connectivity index (χ3v) is 6.29. The molecule has 1 atom stereocenters. The van der Waals surface area contributed by atoms with E-state index in [1.807, 2.05) is 13.8 Å². The average molecular weight is 365 g/mol. The molecule has 112 valence electrons. The molecule has 20 heavy (non-hydrogen) atoms. The van der Waals surface area contributed by atoms with E-state index in [0.29, 0.717) is 19.5 Å². The molecule has 2 rings (SSSR count). The predicted molar refractivity (Wildman–Crippen MR) is 79.2 cm³/mol. The highest BCUT2D eigenvalue weighted by Crippen LogP contribution is 2.32. The van der Waals surface area contributed by atoms with Gasteiger partial charge in [0.15, 0.2) is 5.82 Å². The number of benzene rings is 1. The van der Waals surface area contributed by atoms with E-state index in [-0.39, 0.29) is 20.8 Å². The first kappa shape index (κ1) is 15.9. The normalized spacial score (nSPS) is 23.8. The molecule has 1 aliphatic rings. The molecule has 1 aromatic rings. The molecule has 1 fully saturated rings. The third-order valence-electron chi connectivity index (χ3n) is 3.81. The molecule has 0 saturated carbocycles. The second-order valence-electron chi connectivity index (χ2n) is 5.77. The summed E-state index contributed by atoms with van der Waals surface area (Å²) in [5, 5.41) is 0. The predicted octanol–water partition coefficient (Wildman–Crippen LogP) is 2.34. The molecule has 1 aliphatic heterocycles. The molecule has 1 saturated heterocycles. The number of nitrogens with two attached hydrogens (primary N) is 1. The van der Waals surface area contributed by atoms with Gasteiger partial charge in [0.05, 0.1) is 4.47 Å². The summed E-state index contributed by atoms with van der Waals surface area (Å²) in [6, 6.07) is 4.23.